The van der Waals surface area contributed by atoms with Gasteiger partial charge in [-0.2, -0.15) is 0 Å². The van der Waals surface area contributed by atoms with Crippen LogP contribution in [-0.4, -0.2) is 77.3 Å². The zero-order chi connectivity index (χ0) is 23.7. The summed E-state index contributed by atoms with van der Waals surface area (Å²) in [6.45, 7) is 5.60. The van der Waals surface area contributed by atoms with Crippen molar-refractivity contribution in [3.63, 3.8) is 0 Å². The number of hydrogen-bond acceptors (Lipinski definition) is 9. The quantitative estimate of drug-likeness (QED) is 0.559. The molecule has 180 valence electrons. The van der Waals surface area contributed by atoms with Gasteiger partial charge in [-0.3, -0.25) is 23.9 Å². The molecule has 1 spiro atoms. The van der Waals surface area contributed by atoms with Gasteiger partial charge in [-0.15, -0.1) is 0 Å². The largest absolute Gasteiger partial charge is 0.381 e. The molecule has 12 nitrogen and oxygen atoms in total. The molecule has 2 saturated heterocycles. The summed E-state index contributed by atoms with van der Waals surface area (Å²) in [5.74, 6) is 0.236. The lowest BCUT2D eigenvalue weighted by Crippen LogP contribution is -2.51. The molecule has 34 heavy (non-hydrogen) atoms. The van der Waals surface area contributed by atoms with Crippen molar-refractivity contribution in [1.82, 2.24) is 24.8 Å². The molecule has 2 aromatic heterocycles. The second kappa shape index (κ2) is 9.12. The summed E-state index contributed by atoms with van der Waals surface area (Å²) in [5, 5.41) is 8.82. The van der Waals surface area contributed by atoms with Crippen LogP contribution >= 0.6 is 0 Å². The van der Waals surface area contributed by atoms with Crippen LogP contribution in [0.25, 0.3) is 0 Å². The van der Waals surface area contributed by atoms with E-state index in [-0.39, 0.29) is 29.6 Å². The highest BCUT2D eigenvalue weighted by atomic mass is 16.5. The highest BCUT2D eigenvalue weighted by Crippen LogP contribution is 2.33. The van der Waals surface area contributed by atoms with E-state index in [9.17, 15) is 14.4 Å². The van der Waals surface area contributed by atoms with Gasteiger partial charge in [0.25, 0.3) is 11.5 Å². The number of fused-ring (bicyclic) bond motifs is 2. The van der Waals surface area contributed by atoms with Crippen LogP contribution in [0, 0.1) is 6.92 Å². The lowest BCUT2D eigenvalue weighted by Gasteiger charge is -2.35. The normalized spacial score (nSPS) is 19.5. The molecule has 0 atom stereocenters. The SMILES string of the molecule is Cc1cc(Nc2cc(NC(=O)CN3CCOCC3)ncn2)c(=O)n2c1C(=O)NC21CCOCC1. The predicted molar refractivity (Wildman–Crippen MR) is 122 cm³/mol. The Hall–Kier alpha value is -3.35. The first-order valence-corrected chi connectivity index (χ1v) is 11.3. The molecule has 5 heterocycles. The number of nitrogens with one attached hydrogen (secondary N) is 3. The third-order valence-electron chi connectivity index (χ3n) is 6.37. The molecule has 5 rings (SSSR count). The molecular formula is C22H27N7O5. The number of morpholine rings is 1. The zero-order valence-electron chi connectivity index (χ0n) is 18.9. The first-order chi connectivity index (χ1) is 16.4. The third kappa shape index (κ3) is 4.27. The van der Waals surface area contributed by atoms with Crippen molar-refractivity contribution in [3.8, 4) is 0 Å². The second-order valence-electron chi connectivity index (χ2n) is 8.68. The van der Waals surface area contributed by atoms with Gasteiger partial charge in [-0.1, -0.05) is 0 Å². The van der Waals surface area contributed by atoms with Gasteiger partial charge in [0.1, 0.15) is 35.0 Å². The van der Waals surface area contributed by atoms with E-state index in [0.29, 0.717) is 75.3 Å². The molecule has 0 aromatic carbocycles. The minimum Gasteiger partial charge on any atom is -0.381 e. The molecule has 2 amide bonds. The highest BCUT2D eigenvalue weighted by molar-refractivity contribution is 5.97. The molecular weight excluding hydrogens is 442 g/mol. The molecule has 12 heteroatoms. The maximum absolute atomic E-state index is 13.5. The molecule has 3 aliphatic rings. The van der Waals surface area contributed by atoms with Gasteiger partial charge in [0.2, 0.25) is 5.91 Å². The Morgan fingerprint density at radius 3 is 2.56 bits per heavy atom. The molecule has 0 saturated carbocycles. The lowest BCUT2D eigenvalue weighted by atomic mass is 10.0. The number of anilines is 3. The topological polar surface area (TPSA) is 140 Å². The minimum atomic E-state index is -0.783. The predicted octanol–water partition coefficient (Wildman–Crippen LogP) is 0.168. The van der Waals surface area contributed by atoms with Crippen LogP contribution in [-0.2, 0) is 19.9 Å². The van der Waals surface area contributed by atoms with Crippen molar-refractivity contribution in [1.29, 1.82) is 0 Å². The van der Waals surface area contributed by atoms with Crippen molar-refractivity contribution >= 4 is 29.1 Å². The number of rotatable bonds is 5. The molecule has 2 fully saturated rings. The van der Waals surface area contributed by atoms with Crippen LogP contribution in [0.2, 0.25) is 0 Å². The highest BCUT2D eigenvalue weighted by Gasteiger charge is 2.45. The van der Waals surface area contributed by atoms with Crippen molar-refractivity contribution in [2.45, 2.75) is 25.4 Å². The Morgan fingerprint density at radius 2 is 1.79 bits per heavy atom. The van der Waals surface area contributed by atoms with Crippen molar-refractivity contribution in [2.24, 2.45) is 0 Å². The standard InChI is InChI=1S/C22H27N7O5/c1-14-10-15(21(32)29-19(14)20(31)27-22(29)2-6-33-7-3-22)25-16-11-17(24-13-23-16)26-18(30)12-28-4-8-34-9-5-28/h10-11,13H,2-9,12H2,1H3,(H,27,31)(H2,23,24,25,26,30). The van der Waals surface area contributed by atoms with Crippen molar-refractivity contribution < 1.29 is 19.1 Å². The van der Waals surface area contributed by atoms with Gasteiger partial charge >= 0.3 is 0 Å². The first kappa shape index (κ1) is 22.4. The van der Waals surface area contributed by atoms with E-state index in [0.717, 1.165) is 0 Å². The first-order valence-electron chi connectivity index (χ1n) is 11.3. The summed E-state index contributed by atoms with van der Waals surface area (Å²) >= 11 is 0. The summed E-state index contributed by atoms with van der Waals surface area (Å²) < 4.78 is 12.3. The van der Waals surface area contributed by atoms with Gasteiger partial charge in [-0.05, 0) is 18.6 Å². The van der Waals surface area contributed by atoms with E-state index in [1.807, 2.05) is 4.90 Å². The van der Waals surface area contributed by atoms with Gasteiger partial charge in [-0.25, -0.2) is 9.97 Å². The number of amides is 2. The zero-order valence-corrected chi connectivity index (χ0v) is 18.9. The summed E-state index contributed by atoms with van der Waals surface area (Å²) in [7, 11) is 0. The Morgan fingerprint density at radius 1 is 1.09 bits per heavy atom. The summed E-state index contributed by atoms with van der Waals surface area (Å²) in [6.07, 6.45) is 2.35. The minimum absolute atomic E-state index is 0.189. The molecule has 0 radical (unpaired) electrons. The molecule has 3 N–H and O–H groups in total. The van der Waals surface area contributed by atoms with E-state index < -0.39 is 5.66 Å². The number of ether oxygens (including phenoxy) is 2. The monoisotopic (exact) mass is 469 g/mol. The fourth-order valence-corrected chi connectivity index (χ4v) is 4.68. The Bertz CT molecular complexity index is 1170. The smallest absolute Gasteiger partial charge is 0.276 e. The average Bonchev–Trinajstić information content (AvgIpc) is 3.10. The van der Waals surface area contributed by atoms with Crippen LogP contribution < -0.4 is 21.5 Å². The molecule has 0 unspecified atom stereocenters. The van der Waals surface area contributed by atoms with Crippen molar-refractivity contribution in [3.05, 3.63) is 40.1 Å². The molecule has 3 aliphatic heterocycles. The van der Waals surface area contributed by atoms with Crippen LogP contribution in [0.3, 0.4) is 0 Å². The number of aryl methyl sites for hydroxylation is 1. The van der Waals surface area contributed by atoms with E-state index in [1.165, 1.54) is 6.33 Å². The van der Waals surface area contributed by atoms with Crippen LogP contribution in [0.4, 0.5) is 17.3 Å². The number of pyridine rings is 1. The van der Waals surface area contributed by atoms with Crippen molar-refractivity contribution in [2.75, 3.05) is 56.7 Å². The number of hydrogen-bond donors (Lipinski definition) is 3. The summed E-state index contributed by atoms with van der Waals surface area (Å²) in [6, 6.07) is 3.21. The lowest BCUT2D eigenvalue weighted by molar-refractivity contribution is -0.118. The number of carbonyl (C=O) groups is 2. The maximum Gasteiger partial charge on any atom is 0.276 e. The van der Waals surface area contributed by atoms with Crippen LogP contribution in [0.15, 0.2) is 23.3 Å². The number of carbonyl (C=O) groups excluding carboxylic acids is 2. The van der Waals surface area contributed by atoms with Gasteiger partial charge in [0.05, 0.1) is 33.0 Å². The summed E-state index contributed by atoms with van der Waals surface area (Å²) in [4.78, 5) is 48.8. The Kier molecular flexibility index (Phi) is 6.02. The fourth-order valence-electron chi connectivity index (χ4n) is 4.68. The Labute approximate surface area is 195 Å². The van der Waals surface area contributed by atoms with Gasteiger partial charge in [0.15, 0.2) is 0 Å². The fraction of sp³-hybridized carbons (Fsp3) is 0.500. The third-order valence-corrected chi connectivity index (χ3v) is 6.37. The molecule has 2 aromatic rings. The maximum atomic E-state index is 13.5. The summed E-state index contributed by atoms with van der Waals surface area (Å²) in [5.41, 5.74) is 0.228. The molecule has 0 aliphatic carbocycles. The van der Waals surface area contributed by atoms with E-state index in [4.69, 9.17) is 9.47 Å². The van der Waals surface area contributed by atoms with Gasteiger partial charge in [0, 0.05) is 32.0 Å². The second-order valence-corrected chi connectivity index (χ2v) is 8.68. The van der Waals surface area contributed by atoms with E-state index in [1.54, 1.807) is 23.6 Å². The number of nitrogens with zero attached hydrogens (tertiary/aromatic N) is 4. The van der Waals surface area contributed by atoms with E-state index in [2.05, 4.69) is 25.9 Å². The van der Waals surface area contributed by atoms with E-state index >= 15 is 0 Å². The van der Waals surface area contributed by atoms with Crippen LogP contribution in [0.1, 0.15) is 28.9 Å². The average molecular weight is 470 g/mol. The molecule has 0 bridgehead atoms. The Balaban J connectivity index is 1.37. The number of aromatic nitrogens is 3. The van der Waals surface area contributed by atoms with Crippen LogP contribution in [0.5, 0.6) is 0 Å². The van der Waals surface area contributed by atoms with Gasteiger partial charge < -0.3 is 25.4 Å².